The molecule has 0 aromatic carbocycles. The maximum Gasteiger partial charge on any atom is 0.279 e. The van der Waals surface area contributed by atoms with E-state index < -0.39 is 10.2 Å². The van der Waals surface area contributed by atoms with E-state index in [2.05, 4.69) is 10.0 Å². The number of nitrogens with one attached hydrogen (secondary N) is 2. The third-order valence-corrected chi connectivity index (χ3v) is 5.86. The van der Waals surface area contributed by atoms with Crippen molar-refractivity contribution in [3.8, 4) is 0 Å². The summed E-state index contributed by atoms with van der Waals surface area (Å²) in [6.45, 7) is 6.66. The standard InChI is InChI=1S/C13H30N4O2S/c1-13(2,16(4)5)11-15-20(18,19)17-8-6-12(7-9-17)10-14-3/h12,14-15H,6-11H2,1-5H3. The summed E-state index contributed by atoms with van der Waals surface area (Å²) in [5.41, 5.74) is -0.197. The highest BCUT2D eigenvalue weighted by atomic mass is 32.2. The molecule has 2 N–H and O–H groups in total. The van der Waals surface area contributed by atoms with Gasteiger partial charge in [-0.05, 0) is 60.3 Å². The molecule has 0 saturated carbocycles. The molecule has 7 heteroatoms. The molecule has 0 aromatic rings. The lowest BCUT2D eigenvalue weighted by atomic mass is 9.98. The van der Waals surface area contributed by atoms with Crippen molar-refractivity contribution in [3.63, 3.8) is 0 Å². The van der Waals surface area contributed by atoms with Gasteiger partial charge in [0, 0.05) is 25.2 Å². The minimum absolute atomic E-state index is 0.197. The van der Waals surface area contributed by atoms with Crippen LogP contribution in [-0.2, 0) is 10.2 Å². The van der Waals surface area contributed by atoms with E-state index in [-0.39, 0.29) is 5.54 Å². The molecule has 1 saturated heterocycles. The van der Waals surface area contributed by atoms with Crippen molar-refractivity contribution in [2.45, 2.75) is 32.2 Å². The van der Waals surface area contributed by atoms with Crippen molar-refractivity contribution in [1.29, 1.82) is 0 Å². The Kier molecular flexibility index (Phi) is 6.40. The summed E-state index contributed by atoms with van der Waals surface area (Å²) in [6, 6.07) is 0. The smallest absolute Gasteiger partial charge is 0.279 e. The van der Waals surface area contributed by atoms with Crippen molar-refractivity contribution in [2.24, 2.45) is 5.92 Å². The third-order valence-electron chi connectivity index (χ3n) is 4.30. The minimum atomic E-state index is -3.35. The highest BCUT2D eigenvalue weighted by molar-refractivity contribution is 7.87. The first kappa shape index (κ1) is 17.8. The second-order valence-electron chi connectivity index (χ2n) is 6.43. The maximum absolute atomic E-state index is 12.3. The monoisotopic (exact) mass is 306 g/mol. The number of nitrogens with zero attached hydrogens (tertiary/aromatic N) is 2. The van der Waals surface area contributed by atoms with Gasteiger partial charge in [0.1, 0.15) is 0 Å². The van der Waals surface area contributed by atoms with E-state index in [1.165, 1.54) is 0 Å². The molecule has 1 aliphatic rings. The summed E-state index contributed by atoms with van der Waals surface area (Å²) in [7, 11) is 2.50. The quantitative estimate of drug-likeness (QED) is 0.700. The Bertz CT molecular complexity index is 387. The zero-order valence-corrected chi connectivity index (χ0v) is 14.3. The molecule has 0 spiro atoms. The minimum Gasteiger partial charge on any atom is -0.319 e. The Hall–Kier alpha value is -0.210. The average Bonchev–Trinajstić information content (AvgIpc) is 2.38. The average molecular weight is 306 g/mol. The Morgan fingerprint density at radius 1 is 1.25 bits per heavy atom. The molecule has 120 valence electrons. The van der Waals surface area contributed by atoms with Crippen molar-refractivity contribution >= 4 is 10.2 Å². The summed E-state index contributed by atoms with van der Waals surface area (Å²) in [4.78, 5) is 2.02. The molecule has 0 bridgehead atoms. The van der Waals surface area contributed by atoms with E-state index in [0.717, 1.165) is 19.4 Å². The van der Waals surface area contributed by atoms with E-state index in [1.807, 2.05) is 39.9 Å². The second-order valence-corrected chi connectivity index (χ2v) is 8.19. The molecule has 1 rings (SSSR count). The summed E-state index contributed by atoms with van der Waals surface area (Å²) in [5.74, 6) is 0.588. The fourth-order valence-electron chi connectivity index (χ4n) is 2.16. The molecule has 0 aliphatic carbocycles. The number of rotatable bonds is 7. The van der Waals surface area contributed by atoms with Gasteiger partial charge in [-0.25, -0.2) is 4.72 Å². The normalized spacial score (nSPS) is 19.7. The van der Waals surface area contributed by atoms with Crippen LogP contribution in [-0.4, -0.2) is 70.5 Å². The highest BCUT2D eigenvalue weighted by Gasteiger charge is 2.30. The van der Waals surface area contributed by atoms with Gasteiger partial charge in [0.2, 0.25) is 0 Å². The third kappa shape index (κ3) is 4.96. The lowest BCUT2D eigenvalue weighted by Gasteiger charge is -2.35. The first-order chi connectivity index (χ1) is 9.19. The van der Waals surface area contributed by atoms with Crippen LogP contribution in [0.2, 0.25) is 0 Å². The van der Waals surface area contributed by atoms with E-state index in [9.17, 15) is 8.42 Å². The Morgan fingerprint density at radius 3 is 2.25 bits per heavy atom. The largest absolute Gasteiger partial charge is 0.319 e. The van der Waals surface area contributed by atoms with Crippen LogP contribution >= 0.6 is 0 Å². The second kappa shape index (κ2) is 7.17. The van der Waals surface area contributed by atoms with Gasteiger partial charge in [-0.2, -0.15) is 12.7 Å². The van der Waals surface area contributed by atoms with Crippen molar-refractivity contribution in [3.05, 3.63) is 0 Å². The van der Waals surface area contributed by atoms with Crippen LogP contribution in [0, 0.1) is 5.92 Å². The van der Waals surface area contributed by atoms with Gasteiger partial charge in [0.05, 0.1) is 0 Å². The molecule has 0 amide bonds. The molecule has 0 atom stereocenters. The fraction of sp³-hybridized carbons (Fsp3) is 1.00. The zero-order chi connectivity index (χ0) is 15.4. The van der Waals surface area contributed by atoms with Gasteiger partial charge < -0.3 is 10.2 Å². The number of hydrogen-bond acceptors (Lipinski definition) is 4. The lowest BCUT2D eigenvalue weighted by molar-refractivity contribution is 0.196. The Labute approximate surface area is 124 Å². The van der Waals surface area contributed by atoms with Gasteiger partial charge in [-0.1, -0.05) is 0 Å². The summed E-state index contributed by atoms with van der Waals surface area (Å²) in [5, 5.41) is 3.16. The summed E-state index contributed by atoms with van der Waals surface area (Å²) < 4.78 is 28.9. The summed E-state index contributed by atoms with van der Waals surface area (Å²) in [6.07, 6.45) is 1.86. The van der Waals surface area contributed by atoms with E-state index in [0.29, 0.717) is 25.6 Å². The molecule has 6 nitrogen and oxygen atoms in total. The molecule has 0 unspecified atom stereocenters. The van der Waals surface area contributed by atoms with Crippen LogP contribution in [0.25, 0.3) is 0 Å². The van der Waals surface area contributed by atoms with Crippen molar-refractivity contribution in [2.75, 3.05) is 47.3 Å². The van der Waals surface area contributed by atoms with Crippen molar-refractivity contribution < 1.29 is 8.42 Å². The van der Waals surface area contributed by atoms with Crippen LogP contribution in [0.4, 0.5) is 0 Å². The van der Waals surface area contributed by atoms with Crippen LogP contribution in [0.5, 0.6) is 0 Å². The first-order valence-electron chi connectivity index (χ1n) is 7.26. The Morgan fingerprint density at radius 2 is 1.80 bits per heavy atom. The molecular weight excluding hydrogens is 276 g/mol. The van der Waals surface area contributed by atoms with Gasteiger partial charge >= 0.3 is 0 Å². The number of piperidine rings is 1. The zero-order valence-electron chi connectivity index (χ0n) is 13.4. The van der Waals surface area contributed by atoms with E-state index >= 15 is 0 Å². The molecular formula is C13H30N4O2S. The van der Waals surface area contributed by atoms with Crippen LogP contribution < -0.4 is 10.0 Å². The molecule has 1 fully saturated rings. The molecule has 1 aliphatic heterocycles. The SMILES string of the molecule is CNCC1CCN(S(=O)(=O)NCC(C)(C)N(C)C)CC1. The number of likely N-dealkylation sites (N-methyl/N-ethyl adjacent to an activating group) is 1. The predicted molar refractivity (Wildman–Crippen MR) is 82.9 cm³/mol. The Balaban J connectivity index is 2.50. The van der Waals surface area contributed by atoms with Crippen molar-refractivity contribution in [1.82, 2.24) is 19.2 Å². The predicted octanol–water partition coefficient (Wildman–Crippen LogP) is 0.0924. The van der Waals surface area contributed by atoms with Gasteiger partial charge in [-0.3, -0.25) is 0 Å². The van der Waals surface area contributed by atoms with Crippen LogP contribution in [0.1, 0.15) is 26.7 Å². The molecule has 0 radical (unpaired) electrons. The van der Waals surface area contributed by atoms with Gasteiger partial charge in [0.25, 0.3) is 10.2 Å². The number of hydrogen-bond donors (Lipinski definition) is 2. The highest BCUT2D eigenvalue weighted by Crippen LogP contribution is 2.18. The fourth-order valence-corrected chi connectivity index (χ4v) is 3.57. The maximum atomic E-state index is 12.3. The molecule has 1 heterocycles. The van der Waals surface area contributed by atoms with Gasteiger partial charge in [-0.15, -0.1) is 0 Å². The van der Waals surface area contributed by atoms with Gasteiger partial charge in [0.15, 0.2) is 0 Å². The van der Waals surface area contributed by atoms with E-state index in [1.54, 1.807) is 4.31 Å². The first-order valence-corrected chi connectivity index (χ1v) is 8.70. The summed E-state index contributed by atoms with van der Waals surface area (Å²) >= 11 is 0. The molecule has 0 aromatic heterocycles. The molecule has 20 heavy (non-hydrogen) atoms. The topological polar surface area (TPSA) is 64.7 Å². The van der Waals surface area contributed by atoms with Crippen LogP contribution in [0.15, 0.2) is 0 Å². The lowest BCUT2D eigenvalue weighted by Crippen LogP contribution is -2.52. The van der Waals surface area contributed by atoms with Crippen LogP contribution in [0.3, 0.4) is 0 Å². The van der Waals surface area contributed by atoms with E-state index in [4.69, 9.17) is 0 Å².